The van der Waals surface area contributed by atoms with E-state index < -0.39 is 0 Å². The summed E-state index contributed by atoms with van der Waals surface area (Å²) in [6.45, 7) is 0. The first-order chi connectivity index (χ1) is 0. The third-order valence-corrected chi connectivity index (χ3v) is 0. The van der Waals surface area contributed by atoms with Gasteiger partial charge in [0.15, 0.2) is 0 Å². The Morgan fingerprint density at radius 3 is 0.800 bits per heavy atom. The molecule has 3 nitrogen and oxygen atoms in total. The molecule has 0 aromatic rings. The van der Waals surface area contributed by atoms with E-state index in [0.717, 1.165) is 0 Å². The van der Waals surface area contributed by atoms with Crippen LogP contribution in [-0.4, -0.2) is 5.48 Å². The van der Waals surface area contributed by atoms with Crippen LogP contribution in [0.25, 0.3) is 0 Å². The van der Waals surface area contributed by atoms with E-state index in [-0.39, 0.29) is 51.2 Å². The average Bonchev–Trinajstić information content (AvgIpc) is 0. The van der Waals surface area contributed by atoms with Crippen LogP contribution in [0.15, 0.2) is 0 Å². The summed E-state index contributed by atoms with van der Waals surface area (Å²) in [6, 6.07) is 0. The maximum atomic E-state index is 0. The van der Waals surface area contributed by atoms with E-state index in [4.69, 9.17) is 0 Å². The molecule has 0 bridgehead atoms. The molecule has 0 unspecified atom stereocenters. The van der Waals surface area contributed by atoms with Gasteiger partial charge in [-0.3, -0.25) is 0 Å². The van der Waals surface area contributed by atoms with Gasteiger partial charge in [-0.2, -0.15) is 0 Å². The summed E-state index contributed by atoms with van der Waals surface area (Å²) in [5, 5.41) is 0. The van der Waals surface area contributed by atoms with Gasteiger partial charge in [-0.15, -0.1) is 0 Å². The molecule has 0 saturated heterocycles. The van der Waals surface area contributed by atoms with Gasteiger partial charge < -0.3 is 30.2 Å². The van der Waals surface area contributed by atoms with Crippen LogP contribution in [0.3, 0.4) is 0 Å². The molecular formula is H8ClN2OPt+. The summed E-state index contributed by atoms with van der Waals surface area (Å²) in [4.78, 5) is 0. The molecule has 0 aliphatic rings. The van der Waals surface area contributed by atoms with Crippen LogP contribution in [-0.2, 0) is 21.1 Å². The van der Waals surface area contributed by atoms with Crippen molar-refractivity contribution in [1.82, 2.24) is 12.3 Å². The standard InChI is InChI=1S/ClH.2H3N.H2O.Pt/h1H;2*1H3;1H2;/q;;;;+2/p-1. The van der Waals surface area contributed by atoms with Crippen LogP contribution in [0.5, 0.6) is 0 Å². The Hall–Kier alpha value is 0.858. The smallest absolute Gasteiger partial charge is 1.00 e. The van der Waals surface area contributed by atoms with Crippen molar-refractivity contribution in [2.45, 2.75) is 0 Å². The van der Waals surface area contributed by atoms with E-state index in [1.165, 1.54) is 0 Å². The monoisotopic (exact) mass is 282 g/mol. The van der Waals surface area contributed by atoms with Crippen molar-refractivity contribution in [3.63, 3.8) is 0 Å². The van der Waals surface area contributed by atoms with Gasteiger partial charge in [0.2, 0.25) is 0 Å². The molecule has 0 atom stereocenters. The van der Waals surface area contributed by atoms with Gasteiger partial charge in [-0.05, 0) is 0 Å². The SMILES string of the molecule is N.N.O.[Cl-].[Pt+2]. The van der Waals surface area contributed by atoms with Crippen molar-refractivity contribution in [2.24, 2.45) is 0 Å². The van der Waals surface area contributed by atoms with Crippen LogP contribution in [0.2, 0.25) is 0 Å². The van der Waals surface area contributed by atoms with Gasteiger partial charge >= 0.3 is 21.1 Å². The maximum absolute atomic E-state index is 0. The Morgan fingerprint density at radius 2 is 0.800 bits per heavy atom. The predicted octanol–water partition coefficient (Wildman–Crippen LogP) is -3.50. The molecule has 0 spiro atoms. The van der Waals surface area contributed by atoms with Crippen LogP contribution in [0.4, 0.5) is 0 Å². The zero-order valence-corrected chi connectivity index (χ0v) is 5.64. The number of hydrogen-bond acceptors (Lipinski definition) is 2. The Kier molecular flexibility index (Phi) is 3690. The molecule has 0 aliphatic carbocycles. The van der Waals surface area contributed by atoms with Crippen LogP contribution < -0.4 is 24.7 Å². The fourth-order valence-electron chi connectivity index (χ4n) is 0. The number of halogens is 1. The fraction of sp³-hybridized carbons (Fsp3) is 0. The third kappa shape index (κ3) is 53.9. The second-order valence-electron chi connectivity index (χ2n) is 0. The van der Waals surface area contributed by atoms with Gasteiger partial charge in [0.05, 0.1) is 0 Å². The third-order valence-electron chi connectivity index (χ3n) is 0. The quantitative estimate of drug-likeness (QED) is 0.482. The first-order valence-corrected chi connectivity index (χ1v) is 0. The fourth-order valence-corrected chi connectivity index (χ4v) is 0. The van der Waals surface area contributed by atoms with Gasteiger partial charge in [-0.1, -0.05) is 0 Å². The zero-order valence-electron chi connectivity index (χ0n) is 2.61. The topological polar surface area (TPSA) is 102 Å². The van der Waals surface area contributed by atoms with Gasteiger partial charge in [0.25, 0.3) is 0 Å². The van der Waals surface area contributed by atoms with Gasteiger partial charge in [0.1, 0.15) is 0 Å². The summed E-state index contributed by atoms with van der Waals surface area (Å²) in [5.74, 6) is 0. The summed E-state index contributed by atoms with van der Waals surface area (Å²) >= 11 is 0. The molecule has 0 radical (unpaired) electrons. The molecule has 0 heterocycles. The molecule has 0 aromatic heterocycles. The van der Waals surface area contributed by atoms with E-state index in [1.807, 2.05) is 0 Å². The number of rotatable bonds is 0. The summed E-state index contributed by atoms with van der Waals surface area (Å²) in [5.41, 5.74) is 0. The van der Waals surface area contributed by atoms with Crippen molar-refractivity contribution in [2.75, 3.05) is 0 Å². The normalized spacial score (nSPS) is 0. The van der Waals surface area contributed by atoms with Crippen molar-refractivity contribution < 1.29 is 38.9 Å². The largest absolute Gasteiger partial charge is 2.00 e. The molecule has 8 N–H and O–H groups in total. The second-order valence-corrected chi connectivity index (χ2v) is 0. The maximum Gasteiger partial charge on any atom is 2.00 e. The Morgan fingerprint density at radius 1 is 0.800 bits per heavy atom. The minimum absolute atomic E-state index is 0. The first kappa shape index (κ1) is 188. The van der Waals surface area contributed by atoms with E-state index in [1.54, 1.807) is 0 Å². The Balaban J connectivity index is 0. The van der Waals surface area contributed by atoms with Crippen molar-refractivity contribution in [1.29, 1.82) is 0 Å². The van der Waals surface area contributed by atoms with E-state index in [0.29, 0.717) is 0 Å². The van der Waals surface area contributed by atoms with Crippen LogP contribution in [0, 0.1) is 0 Å². The minimum atomic E-state index is 0. The average molecular weight is 283 g/mol. The summed E-state index contributed by atoms with van der Waals surface area (Å²) in [7, 11) is 0. The van der Waals surface area contributed by atoms with E-state index >= 15 is 0 Å². The predicted molar refractivity (Wildman–Crippen MR) is 13.7 cm³/mol. The van der Waals surface area contributed by atoms with E-state index in [9.17, 15) is 0 Å². The van der Waals surface area contributed by atoms with Crippen LogP contribution in [0.1, 0.15) is 0 Å². The Bertz CT molecular complexity index is 9.61. The molecule has 0 saturated carbocycles. The summed E-state index contributed by atoms with van der Waals surface area (Å²) in [6.07, 6.45) is 0. The number of hydrogen-bond donors (Lipinski definition) is 2. The second kappa shape index (κ2) is 98.2. The molecule has 5 heteroatoms. The molecule has 40 valence electrons. The molecule has 0 fully saturated rings. The van der Waals surface area contributed by atoms with Crippen molar-refractivity contribution in [3.05, 3.63) is 0 Å². The van der Waals surface area contributed by atoms with Gasteiger partial charge in [0, 0.05) is 0 Å². The van der Waals surface area contributed by atoms with E-state index in [2.05, 4.69) is 0 Å². The molecule has 5 heavy (non-hydrogen) atoms. The first-order valence-electron chi connectivity index (χ1n) is 0. The molecule has 0 amide bonds. The minimum Gasteiger partial charge on any atom is -1.00 e. The van der Waals surface area contributed by atoms with Gasteiger partial charge in [-0.25, -0.2) is 0 Å². The molecule has 0 aromatic carbocycles. The summed E-state index contributed by atoms with van der Waals surface area (Å²) < 4.78 is 0. The van der Waals surface area contributed by atoms with Crippen molar-refractivity contribution >= 4 is 0 Å². The molecule has 0 rings (SSSR count). The zero-order chi connectivity index (χ0) is 0. The van der Waals surface area contributed by atoms with Crippen molar-refractivity contribution in [3.8, 4) is 0 Å². The van der Waals surface area contributed by atoms with Crippen LogP contribution >= 0.6 is 0 Å². The Labute approximate surface area is 51.7 Å². The molecular weight excluding hydrogens is 275 g/mol. The molecule has 0 aliphatic heterocycles.